The van der Waals surface area contributed by atoms with Gasteiger partial charge in [0.15, 0.2) is 0 Å². The van der Waals surface area contributed by atoms with Gasteiger partial charge in [-0.2, -0.15) is 0 Å². The highest BCUT2D eigenvalue weighted by atomic mass is 32.2. The number of piperidine rings is 1. The molecule has 0 aromatic carbocycles. The van der Waals surface area contributed by atoms with Crippen LogP contribution < -0.4 is 0 Å². The van der Waals surface area contributed by atoms with Crippen LogP contribution in [0.15, 0.2) is 11.1 Å². The van der Waals surface area contributed by atoms with Crippen molar-refractivity contribution in [1.82, 2.24) is 14.9 Å². The van der Waals surface area contributed by atoms with Gasteiger partial charge < -0.3 is 4.90 Å². The molecule has 0 radical (unpaired) electrons. The summed E-state index contributed by atoms with van der Waals surface area (Å²) in [5.41, 5.74) is 0. The van der Waals surface area contributed by atoms with Crippen LogP contribution in [0.4, 0.5) is 0 Å². The Balaban J connectivity index is 1.88. The number of aryl methyl sites for hydroxylation is 2. The summed E-state index contributed by atoms with van der Waals surface area (Å²) in [4.78, 5) is 14.3. The summed E-state index contributed by atoms with van der Waals surface area (Å²) in [6, 6.07) is 2.29. The number of rotatable bonds is 3. The topological polar surface area (TPSA) is 29.0 Å². The first-order valence-electron chi connectivity index (χ1n) is 7.28. The highest BCUT2D eigenvalue weighted by Crippen LogP contribution is 2.36. The van der Waals surface area contributed by atoms with E-state index >= 15 is 0 Å². The lowest BCUT2D eigenvalue weighted by Crippen LogP contribution is -2.31. The van der Waals surface area contributed by atoms with Crippen LogP contribution in [0.5, 0.6) is 0 Å². The standard InChI is InChI=1S/C15H21N3S2/c1-4-11-9-13-14(19-11)16-10(2)17-15(13)20-12-5-7-18(3)8-6-12/h9,12H,4-8H2,1-3H3. The van der Waals surface area contributed by atoms with Crippen molar-refractivity contribution in [3.05, 3.63) is 16.8 Å². The molecule has 3 rings (SSSR count). The molecule has 0 aliphatic carbocycles. The van der Waals surface area contributed by atoms with Crippen LogP contribution in [-0.4, -0.2) is 40.3 Å². The quantitative estimate of drug-likeness (QED) is 0.808. The lowest BCUT2D eigenvalue weighted by molar-refractivity contribution is 0.282. The van der Waals surface area contributed by atoms with Crippen molar-refractivity contribution in [2.24, 2.45) is 0 Å². The molecule has 3 nitrogen and oxygen atoms in total. The molecule has 108 valence electrons. The van der Waals surface area contributed by atoms with E-state index < -0.39 is 0 Å². The Bertz CT molecular complexity index is 600. The van der Waals surface area contributed by atoms with Gasteiger partial charge in [-0.25, -0.2) is 9.97 Å². The highest BCUT2D eigenvalue weighted by Gasteiger charge is 2.20. The molecule has 1 aliphatic heterocycles. The Kier molecular flexibility index (Phi) is 4.29. The number of likely N-dealkylation sites (tertiary alicyclic amines) is 1. The molecule has 0 amide bonds. The number of aromatic nitrogens is 2. The maximum absolute atomic E-state index is 4.71. The van der Waals surface area contributed by atoms with Crippen molar-refractivity contribution < 1.29 is 0 Å². The van der Waals surface area contributed by atoms with Crippen LogP contribution in [0.2, 0.25) is 0 Å². The van der Waals surface area contributed by atoms with Gasteiger partial charge >= 0.3 is 0 Å². The molecule has 1 aliphatic rings. The molecule has 5 heteroatoms. The number of hydrogen-bond acceptors (Lipinski definition) is 5. The molecule has 0 atom stereocenters. The van der Waals surface area contributed by atoms with Gasteiger partial charge in [0.05, 0.1) is 0 Å². The summed E-state index contributed by atoms with van der Waals surface area (Å²) >= 11 is 3.78. The predicted molar refractivity (Wildman–Crippen MR) is 87.9 cm³/mol. The normalized spacial score (nSPS) is 17.9. The Hall–Kier alpha value is -0.650. The number of nitrogens with zero attached hydrogens (tertiary/aromatic N) is 3. The summed E-state index contributed by atoms with van der Waals surface area (Å²) in [6.45, 7) is 6.61. The molecule has 0 N–H and O–H groups in total. The van der Waals surface area contributed by atoms with Crippen LogP contribution in [0, 0.1) is 6.92 Å². The summed E-state index contributed by atoms with van der Waals surface area (Å²) in [5.74, 6) is 0.900. The van der Waals surface area contributed by atoms with E-state index in [0.717, 1.165) is 17.1 Å². The number of thioether (sulfide) groups is 1. The van der Waals surface area contributed by atoms with Gasteiger partial charge in [-0.1, -0.05) is 6.92 Å². The third-order valence-corrected chi connectivity index (χ3v) is 6.33. The van der Waals surface area contributed by atoms with Gasteiger partial charge in [0.1, 0.15) is 15.7 Å². The second kappa shape index (κ2) is 6.00. The number of fused-ring (bicyclic) bond motifs is 1. The number of thiophene rings is 1. The van der Waals surface area contributed by atoms with Gasteiger partial charge in [0, 0.05) is 15.5 Å². The molecule has 1 fully saturated rings. The first-order valence-corrected chi connectivity index (χ1v) is 8.97. The average Bonchev–Trinajstić information content (AvgIpc) is 2.84. The second-order valence-corrected chi connectivity index (χ2v) is 7.89. The van der Waals surface area contributed by atoms with Crippen LogP contribution >= 0.6 is 23.1 Å². The lowest BCUT2D eigenvalue weighted by Gasteiger charge is -2.28. The highest BCUT2D eigenvalue weighted by molar-refractivity contribution is 8.00. The zero-order valence-electron chi connectivity index (χ0n) is 12.3. The fourth-order valence-electron chi connectivity index (χ4n) is 2.57. The van der Waals surface area contributed by atoms with Crippen LogP contribution in [0.25, 0.3) is 10.2 Å². The molecular formula is C15H21N3S2. The molecule has 20 heavy (non-hydrogen) atoms. The first-order chi connectivity index (χ1) is 9.65. The van der Waals surface area contributed by atoms with Crippen LogP contribution in [0.3, 0.4) is 0 Å². The Labute approximate surface area is 128 Å². The molecule has 3 heterocycles. The van der Waals surface area contributed by atoms with Crippen LogP contribution in [0.1, 0.15) is 30.5 Å². The second-order valence-electron chi connectivity index (χ2n) is 5.48. The van der Waals surface area contributed by atoms with Gasteiger partial charge in [-0.3, -0.25) is 0 Å². The lowest BCUT2D eigenvalue weighted by atomic mass is 10.1. The minimum absolute atomic E-state index is 0.702. The van der Waals surface area contributed by atoms with Crippen LogP contribution in [-0.2, 0) is 6.42 Å². The zero-order valence-corrected chi connectivity index (χ0v) is 14.0. The summed E-state index contributed by atoms with van der Waals surface area (Å²) < 4.78 is 0. The largest absolute Gasteiger partial charge is 0.306 e. The maximum atomic E-state index is 4.71. The molecule has 1 saturated heterocycles. The van der Waals surface area contributed by atoms with Crippen molar-refractivity contribution >= 4 is 33.3 Å². The first kappa shape index (κ1) is 14.3. The molecule has 0 spiro atoms. The molecule has 2 aromatic heterocycles. The van der Waals surface area contributed by atoms with Gasteiger partial charge in [-0.15, -0.1) is 23.1 Å². The van der Waals surface area contributed by atoms with Crippen molar-refractivity contribution in [3.8, 4) is 0 Å². The zero-order chi connectivity index (χ0) is 14.1. The molecule has 0 saturated carbocycles. The summed E-state index contributed by atoms with van der Waals surface area (Å²) in [7, 11) is 2.21. The van der Waals surface area contributed by atoms with Crippen molar-refractivity contribution in [1.29, 1.82) is 0 Å². The van der Waals surface area contributed by atoms with E-state index in [1.807, 2.05) is 30.0 Å². The van der Waals surface area contributed by atoms with Crippen molar-refractivity contribution in [3.63, 3.8) is 0 Å². The fraction of sp³-hybridized carbons (Fsp3) is 0.600. The van der Waals surface area contributed by atoms with E-state index in [1.54, 1.807) is 0 Å². The summed E-state index contributed by atoms with van der Waals surface area (Å²) in [6.07, 6.45) is 3.60. The van der Waals surface area contributed by atoms with E-state index in [4.69, 9.17) is 4.98 Å². The maximum Gasteiger partial charge on any atom is 0.128 e. The van der Waals surface area contributed by atoms with E-state index in [1.165, 1.54) is 41.2 Å². The number of hydrogen-bond donors (Lipinski definition) is 0. The molecular weight excluding hydrogens is 286 g/mol. The average molecular weight is 307 g/mol. The molecule has 0 bridgehead atoms. The van der Waals surface area contributed by atoms with Gasteiger partial charge in [-0.05, 0) is 52.4 Å². The third kappa shape index (κ3) is 3.00. The minimum atomic E-state index is 0.702. The van der Waals surface area contributed by atoms with E-state index in [0.29, 0.717) is 5.25 Å². The summed E-state index contributed by atoms with van der Waals surface area (Å²) in [5, 5.41) is 3.16. The smallest absolute Gasteiger partial charge is 0.128 e. The minimum Gasteiger partial charge on any atom is -0.306 e. The van der Waals surface area contributed by atoms with Gasteiger partial charge in [0.25, 0.3) is 0 Å². The van der Waals surface area contributed by atoms with Crippen molar-refractivity contribution in [2.45, 2.75) is 43.4 Å². The molecule has 2 aromatic rings. The van der Waals surface area contributed by atoms with Crippen molar-refractivity contribution in [2.75, 3.05) is 20.1 Å². The Morgan fingerprint density at radius 3 is 2.80 bits per heavy atom. The Morgan fingerprint density at radius 1 is 1.35 bits per heavy atom. The molecule has 0 unspecified atom stereocenters. The SMILES string of the molecule is CCc1cc2c(SC3CCN(C)CC3)nc(C)nc2s1. The third-order valence-electron chi connectivity index (χ3n) is 3.81. The van der Waals surface area contributed by atoms with E-state index in [2.05, 4.69) is 29.9 Å². The predicted octanol–water partition coefficient (Wildman–Crippen LogP) is 3.75. The van der Waals surface area contributed by atoms with Gasteiger partial charge in [0.2, 0.25) is 0 Å². The van der Waals surface area contributed by atoms with E-state index in [-0.39, 0.29) is 0 Å². The fourth-order valence-corrected chi connectivity index (χ4v) is 4.88. The van der Waals surface area contributed by atoms with E-state index in [9.17, 15) is 0 Å². The Morgan fingerprint density at radius 2 is 2.10 bits per heavy atom. The monoisotopic (exact) mass is 307 g/mol.